The summed E-state index contributed by atoms with van der Waals surface area (Å²) >= 11 is 6.58. The Morgan fingerprint density at radius 1 is 1.39 bits per heavy atom. The smallest absolute Gasteiger partial charge is 0.149 e. The molecule has 3 heterocycles. The van der Waals surface area contributed by atoms with Gasteiger partial charge in [-0.2, -0.15) is 10.4 Å². The second kappa shape index (κ2) is 8.25. The molecule has 0 spiro atoms. The maximum atomic E-state index is 9.82. The molecule has 4 rings (SSSR count). The van der Waals surface area contributed by atoms with E-state index in [0.717, 1.165) is 22.2 Å². The summed E-state index contributed by atoms with van der Waals surface area (Å²) < 4.78 is 13.4. The minimum Gasteiger partial charge on any atom is -0.491 e. The summed E-state index contributed by atoms with van der Waals surface area (Å²) in [6, 6.07) is 3.82. The number of nitrogens with zero attached hydrogens (tertiary/aromatic N) is 5. The van der Waals surface area contributed by atoms with E-state index in [1.54, 1.807) is 25.6 Å². The summed E-state index contributed by atoms with van der Waals surface area (Å²) in [6.07, 6.45) is 3.50. The van der Waals surface area contributed by atoms with Gasteiger partial charge in [0.2, 0.25) is 0 Å². The van der Waals surface area contributed by atoms with Gasteiger partial charge in [0, 0.05) is 31.1 Å². The summed E-state index contributed by atoms with van der Waals surface area (Å²) in [4.78, 5) is 6.32. The maximum Gasteiger partial charge on any atom is 0.149 e. The first-order chi connectivity index (χ1) is 14.9. The molecule has 1 atom stereocenters. The van der Waals surface area contributed by atoms with E-state index in [-0.39, 0.29) is 12.1 Å². The Balaban J connectivity index is 1.90. The average molecular weight is 441 g/mol. The lowest BCUT2D eigenvalue weighted by Crippen LogP contribution is -2.52. The molecule has 1 aromatic carbocycles. The number of ether oxygens (including phenoxy) is 2. The van der Waals surface area contributed by atoms with Gasteiger partial charge >= 0.3 is 0 Å². The number of pyridine rings is 1. The van der Waals surface area contributed by atoms with Gasteiger partial charge in [0.1, 0.15) is 11.8 Å². The fourth-order valence-electron chi connectivity index (χ4n) is 4.15. The molecular formula is C22H25ClN6O2. The molecule has 162 valence electrons. The number of benzene rings is 1. The van der Waals surface area contributed by atoms with Crippen molar-refractivity contribution in [3.63, 3.8) is 0 Å². The fraction of sp³-hybridized carbons (Fsp3) is 0.409. The lowest BCUT2D eigenvalue weighted by Gasteiger charge is -2.41. The van der Waals surface area contributed by atoms with E-state index in [1.165, 1.54) is 0 Å². The molecule has 1 unspecified atom stereocenters. The molecule has 1 aliphatic heterocycles. The molecule has 0 amide bonds. The number of hydrogen-bond donors (Lipinski definition) is 1. The van der Waals surface area contributed by atoms with Crippen molar-refractivity contribution in [2.45, 2.75) is 32.9 Å². The van der Waals surface area contributed by atoms with Crippen molar-refractivity contribution in [3.8, 4) is 11.8 Å². The maximum absolute atomic E-state index is 9.82. The normalized spacial score (nSPS) is 15.0. The number of halogens is 1. The molecule has 0 bridgehead atoms. The number of rotatable bonds is 6. The van der Waals surface area contributed by atoms with Crippen molar-refractivity contribution in [1.29, 1.82) is 5.26 Å². The van der Waals surface area contributed by atoms with Crippen LogP contribution in [0.1, 0.15) is 36.7 Å². The summed E-state index contributed by atoms with van der Waals surface area (Å²) in [5, 5.41) is 15.8. The van der Waals surface area contributed by atoms with Crippen molar-refractivity contribution in [2.24, 2.45) is 0 Å². The molecule has 1 aliphatic rings. The van der Waals surface area contributed by atoms with Gasteiger partial charge in [0.25, 0.3) is 0 Å². The molecule has 3 aromatic rings. The summed E-state index contributed by atoms with van der Waals surface area (Å²) in [5.74, 6) is 0.642. The van der Waals surface area contributed by atoms with E-state index in [2.05, 4.69) is 16.0 Å². The van der Waals surface area contributed by atoms with Crippen LogP contribution in [0.4, 0.5) is 11.4 Å². The third-order valence-electron chi connectivity index (χ3n) is 5.77. The molecule has 1 fully saturated rings. The molecule has 2 N–H and O–H groups in total. The standard InChI is InChI=1S/C22H25ClN6O2/c1-5-31-22-15(6-17(23)16(7-24)21(22)28-10-14(11-28)30-4)13(3)29-19-9-26-8-18(25)20(19)12(2)27-29/h6,8-9,13-14H,5,10-11,25H2,1-4H3. The van der Waals surface area contributed by atoms with Gasteiger partial charge in [-0.15, -0.1) is 0 Å². The third kappa shape index (κ3) is 3.44. The number of aryl methyl sites for hydroxylation is 1. The largest absolute Gasteiger partial charge is 0.491 e. The van der Waals surface area contributed by atoms with Gasteiger partial charge < -0.3 is 20.1 Å². The number of nitrogen functional groups attached to an aromatic ring is 1. The highest BCUT2D eigenvalue weighted by molar-refractivity contribution is 6.32. The minimum atomic E-state index is -0.232. The van der Waals surface area contributed by atoms with Crippen molar-refractivity contribution in [1.82, 2.24) is 14.8 Å². The van der Waals surface area contributed by atoms with E-state index in [1.807, 2.05) is 25.5 Å². The van der Waals surface area contributed by atoms with E-state index < -0.39 is 0 Å². The van der Waals surface area contributed by atoms with E-state index >= 15 is 0 Å². The van der Waals surface area contributed by atoms with Crippen LogP contribution in [0.3, 0.4) is 0 Å². The van der Waals surface area contributed by atoms with Crippen molar-refractivity contribution in [3.05, 3.63) is 40.3 Å². The van der Waals surface area contributed by atoms with Crippen molar-refractivity contribution >= 4 is 33.9 Å². The van der Waals surface area contributed by atoms with Crippen LogP contribution < -0.4 is 15.4 Å². The Bertz CT molecular complexity index is 1180. The Labute approximate surface area is 186 Å². The zero-order valence-corrected chi connectivity index (χ0v) is 18.8. The predicted octanol–water partition coefficient (Wildman–Crippen LogP) is 3.69. The molecule has 0 aliphatic carbocycles. The van der Waals surface area contributed by atoms with Crippen LogP contribution >= 0.6 is 11.6 Å². The second-order valence-corrected chi connectivity index (χ2v) is 8.04. The molecule has 9 heteroatoms. The average Bonchev–Trinajstić information content (AvgIpc) is 3.06. The quantitative estimate of drug-likeness (QED) is 0.623. The Morgan fingerprint density at radius 2 is 2.13 bits per heavy atom. The number of nitrogens with two attached hydrogens (primary N) is 1. The van der Waals surface area contributed by atoms with E-state index in [4.69, 9.17) is 31.9 Å². The molecular weight excluding hydrogens is 416 g/mol. The number of hydrogen-bond acceptors (Lipinski definition) is 7. The van der Waals surface area contributed by atoms with E-state index in [0.29, 0.717) is 47.4 Å². The van der Waals surface area contributed by atoms with Crippen LogP contribution in [0, 0.1) is 18.3 Å². The van der Waals surface area contributed by atoms with Crippen LogP contribution in [0.15, 0.2) is 18.5 Å². The summed E-state index contributed by atoms with van der Waals surface area (Å²) in [6.45, 7) is 7.66. The van der Waals surface area contributed by atoms with Gasteiger partial charge in [-0.1, -0.05) is 11.6 Å². The van der Waals surface area contributed by atoms with Crippen LogP contribution in [0.25, 0.3) is 10.9 Å². The first-order valence-corrected chi connectivity index (χ1v) is 10.5. The topological polar surface area (TPSA) is 102 Å². The minimum absolute atomic E-state index is 0.118. The molecule has 0 radical (unpaired) electrons. The van der Waals surface area contributed by atoms with Crippen LogP contribution in [0.2, 0.25) is 5.02 Å². The molecule has 1 saturated heterocycles. The van der Waals surface area contributed by atoms with Crippen LogP contribution in [-0.4, -0.2) is 47.7 Å². The lowest BCUT2D eigenvalue weighted by atomic mass is 9.99. The second-order valence-electron chi connectivity index (χ2n) is 7.64. The SMILES string of the molecule is CCOc1c(C(C)n2nc(C)c3c(N)cncc32)cc(Cl)c(C#N)c1N1CC(OC)C1. The fourth-order valence-corrected chi connectivity index (χ4v) is 4.40. The highest BCUT2D eigenvalue weighted by atomic mass is 35.5. The zero-order valence-electron chi connectivity index (χ0n) is 18.0. The number of methoxy groups -OCH3 is 1. The summed E-state index contributed by atoms with van der Waals surface area (Å²) in [7, 11) is 1.69. The Kier molecular flexibility index (Phi) is 5.65. The Morgan fingerprint density at radius 3 is 2.77 bits per heavy atom. The first-order valence-electron chi connectivity index (χ1n) is 10.2. The molecule has 2 aromatic heterocycles. The van der Waals surface area contributed by atoms with Crippen LogP contribution in [0.5, 0.6) is 5.75 Å². The van der Waals surface area contributed by atoms with Crippen molar-refractivity contribution < 1.29 is 9.47 Å². The van der Waals surface area contributed by atoms with Crippen LogP contribution in [-0.2, 0) is 4.74 Å². The third-order valence-corrected chi connectivity index (χ3v) is 6.07. The van der Waals surface area contributed by atoms with Gasteiger partial charge in [-0.25, -0.2) is 0 Å². The number of nitriles is 1. The number of fused-ring (bicyclic) bond motifs is 1. The Hall–Kier alpha value is -3.02. The summed E-state index contributed by atoms with van der Waals surface area (Å²) in [5.41, 5.74) is 10.3. The zero-order chi connectivity index (χ0) is 22.3. The molecule has 31 heavy (non-hydrogen) atoms. The first kappa shape index (κ1) is 21.2. The highest BCUT2D eigenvalue weighted by Crippen LogP contribution is 2.45. The van der Waals surface area contributed by atoms with Gasteiger partial charge in [-0.05, 0) is 26.8 Å². The lowest BCUT2D eigenvalue weighted by molar-refractivity contribution is 0.0783. The van der Waals surface area contributed by atoms with Crippen molar-refractivity contribution in [2.75, 3.05) is 37.4 Å². The van der Waals surface area contributed by atoms with Gasteiger partial charge in [-0.3, -0.25) is 9.67 Å². The van der Waals surface area contributed by atoms with Gasteiger partial charge in [0.15, 0.2) is 0 Å². The molecule has 0 saturated carbocycles. The number of anilines is 2. The van der Waals surface area contributed by atoms with E-state index in [9.17, 15) is 5.26 Å². The predicted molar refractivity (Wildman–Crippen MR) is 121 cm³/mol. The van der Waals surface area contributed by atoms with Gasteiger partial charge in [0.05, 0.1) is 64.3 Å². The highest BCUT2D eigenvalue weighted by Gasteiger charge is 2.34. The number of aromatic nitrogens is 3. The molecule has 8 nitrogen and oxygen atoms in total. The monoisotopic (exact) mass is 440 g/mol.